The van der Waals surface area contributed by atoms with E-state index in [0.29, 0.717) is 17.1 Å². The SMILES string of the molecule is COc1cccc(NC(=O)C(C)Sc2ccc(NS(=O)(=O)c3ccc(C)cc3)cc2)c1. The molecule has 162 valence electrons. The summed E-state index contributed by atoms with van der Waals surface area (Å²) in [5.41, 5.74) is 2.11. The number of carbonyl (C=O) groups excluding carboxylic acids is 1. The quantitative estimate of drug-likeness (QED) is 0.470. The molecule has 0 fully saturated rings. The summed E-state index contributed by atoms with van der Waals surface area (Å²) in [6.07, 6.45) is 0. The summed E-state index contributed by atoms with van der Waals surface area (Å²) in [7, 11) is -2.08. The van der Waals surface area contributed by atoms with Gasteiger partial charge in [-0.1, -0.05) is 23.8 Å². The standard InChI is InChI=1S/C23H24N2O4S2/c1-16-7-13-22(14-8-16)31(27,28)25-18-9-11-21(12-10-18)30-17(2)23(26)24-19-5-4-6-20(15-19)29-3/h4-15,17,25H,1-3H3,(H,24,26). The van der Waals surface area contributed by atoms with Crippen LogP contribution in [0, 0.1) is 6.92 Å². The first kappa shape index (κ1) is 22.7. The van der Waals surface area contributed by atoms with E-state index in [9.17, 15) is 13.2 Å². The monoisotopic (exact) mass is 456 g/mol. The highest BCUT2D eigenvalue weighted by atomic mass is 32.2. The molecule has 0 aliphatic heterocycles. The number of hydrogen-bond acceptors (Lipinski definition) is 5. The van der Waals surface area contributed by atoms with Gasteiger partial charge >= 0.3 is 0 Å². The molecule has 6 nitrogen and oxygen atoms in total. The molecule has 0 saturated heterocycles. The number of thioether (sulfide) groups is 1. The van der Waals surface area contributed by atoms with Gasteiger partial charge in [0.25, 0.3) is 10.0 Å². The number of rotatable bonds is 8. The normalized spacial score (nSPS) is 12.1. The van der Waals surface area contributed by atoms with Crippen molar-refractivity contribution in [1.29, 1.82) is 0 Å². The fourth-order valence-corrected chi connectivity index (χ4v) is 4.66. The molecule has 0 aliphatic rings. The summed E-state index contributed by atoms with van der Waals surface area (Å²) in [6.45, 7) is 3.71. The lowest BCUT2D eigenvalue weighted by atomic mass is 10.2. The van der Waals surface area contributed by atoms with E-state index in [-0.39, 0.29) is 16.1 Å². The van der Waals surface area contributed by atoms with Crippen molar-refractivity contribution in [1.82, 2.24) is 0 Å². The third kappa shape index (κ3) is 6.26. The maximum Gasteiger partial charge on any atom is 0.261 e. The fraction of sp³-hybridized carbons (Fsp3) is 0.174. The smallest absolute Gasteiger partial charge is 0.261 e. The van der Waals surface area contributed by atoms with Crippen molar-refractivity contribution in [2.75, 3.05) is 17.1 Å². The summed E-state index contributed by atoms with van der Waals surface area (Å²) >= 11 is 1.39. The molecule has 0 aromatic heterocycles. The summed E-state index contributed by atoms with van der Waals surface area (Å²) in [6, 6.07) is 20.8. The molecule has 0 bridgehead atoms. The molecule has 3 aromatic carbocycles. The Morgan fingerprint density at radius 1 is 0.968 bits per heavy atom. The van der Waals surface area contributed by atoms with E-state index in [1.807, 2.05) is 26.0 Å². The number of benzene rings is 3. The van der Waals surface area contributed by atoms with Gasteiger partial charge in [-0.05, 0) is 62.4 Å². The van der Waals surface area contributed by atoms with Crippen molar-refractivity contribution in [3.63, 3.8) is 0 Å². The van der Waals surface area contributed by atoms with E-state index in [4.69, 9.17) is 4.74 Å². The van der Waals surface area contributed by atoms with Crippen molar-refractivity contribution >= 4 is 39.1 Å². The highest BCUT2D eigenvalue weighted by molar-refractivity contribution is 8.00. The molecule has 8 heteroatoms. The molecule has 0 aliphatic carbocycles. The number of hydrogen-bond donors (Lipinski definition) is 2. The number of anilines is 2. The molecule has 0 saturated carbocycles. The maximum atomic E-state index is 12.5. The molecule has 1 unspecified atom stereocenters. The average Bonchev–Trinajstić information content (AvgIpc) is 2.75. The number of methoxy groups -OCH3 is 1. The summed E-state index contributed by atoms with van der Waals surface area (Å²) in [5, 5.41) is 2.52. The number of aryl methyl sites for hydroxylation is 1. The predicted molar refractivity (Wildman–Crippen MR) is 125 cm³/mol. The van der Waals surface area contributed by atoms with Crippen LogP contribution in [0.5, 0.6) is 5.75 Å². The molecular weight excluding hydrogens is 432 g/mol. The van der Waals surface area contributed by atoms with E-state index >= 15 is 0 Å². The van der Waals surface area contributed by atoms with Gasteiger partial charge in [-0.2, -0.15) is 0 Å². The first-order valence-electron chi connectivity index (χ1n) is 9.58. The number of amides is 1. The predicted octanol–water partition coefficient (Wildman–Crippen LogP) is 4.92. The van der Waals surface area contributed by atoms with Crippen LogP contribution in [-0.2, 0) is 14.8 Å². The van der Waals surface area contributed by atoms with E-state index in [1.54, 1.807) is 67.8 Å². The third-order valence-corrected chi connectivity index (χ3v) is 6.97. The first-order chi connectivity index (χ1) is 14.8. The minimum absolute atomic E-state index is 0.137. The van der Waals surface area contributed by atoms with Gasteiger partial charge in [-0.25, -0.2) is 8.42 Å². The highest BCUT2D eigenvalue weighted by Gasteiger charge is 2.16. The molecule has 0 radical (unpaired) electrons. The Hall–Kier alpha value is -2.97. The van der Waals surface area contributed by atoms with Crippen LogP contribution in [0.2, 0.25) is 0 Å². The zero-order chi connectivity index (χ0) is 22.4. The molecule has 3 aromatic rings. The first-order valence-corrected chi connectivity index (χ1v) is 11.9. The third-order valence-electron chi connectivity index (χ3n) is 4.46. The van der Waals surface area contributed by atoms with Gasteiger partial charge in [-0.3, -0.25) is 9.52 Å². The number of sulfonamides is 1. The summed E-state index contributed by atoms with van der Waals surface area (Å²) in [5.74, 6) is 0.532. The van der Waals surface area contributed by atoms with Crippen LogP contribution in [0.15, 0.2) is 82.6 Å². The Labute approximate surface area is 187 Å². The molecule has 0 spiro atoms. The van der Waals surface area contributed by atoms with Crippen molar-refractivity contribution in [2.24, 2.45) is 0 Å². The Kier molecular flexibility index (Phi) is 7.25. The largest absolute Gasteiger partial charge is 0.497 e. The van der Waals surface area contributed by atoms with Crippen LogP contribution in [0.25, 0.3) is 0 Å². The van der Waals surface area contributed by atoms with Gasteiger partial charge in [-0.15, -0.1) is 11.8 Å². The Morgan fingerprint density at radius 3 is 2.29 bits per heavy atom. The van der Waals surface area contributed by atoms with Crippen LogP contribution in [0.3, 0.4) is 0 Å². The van der Waals surface area contributed by atoms with Gasteiger partial charge in [0.1, 0.15) is 5.75 Å². The van der Waals surface area contributed by atoms with Crippen molar-refractivity contribution in [2.45, 2.75) is 28.9 Å². The van der Waals surface area contributed by atoms with E-state index in [2.05, 4.69) is 10.0 Å². The van der Waals surface area contributed by atoms with Gasteiger partial charge < -0.3 is 10.1 Å². The molecular formula is C23H24N2O4S2. The Balaban J connectivity index is 1.60. The molecule has 3 rings (SSSR count). The van der Waals surface area contributed by atoms with Crippen LogP contribution in [-0.4, -0.2) is 26.7 Å². The number of nitrogens with one attached hydrogen (secondary N) is 2. The Bertz CT molecular complexity index is 1140. The zero-order valence-corrected chi connectivity index (χ0v) is 19.1. The van der Waals surface area contributed by atoms with Gasteiger partial charge in [0.15, 0.2) is 0 Å². The van der Waals surface area contributed by atoms with Crippen LogP contribution >= 0.6 is 11.8 Å². The lowest BCUT2D eigenvalue weighted by molar-refractivity contribution is -0.115. The lowest BCUT2D eigenvalue weighted by Gasteiger charge is -2.13. The molecule has 31 heavy (non-hydrogen) atoms. The molecule has 2 N–H and O–H groups in total. The van der Waals surface area contributed by atoms with Crippen molar-refractivity contribution in [3.8, 4) is 5.75 Å². The van der Waals surface area contributed by atoms with Gasteiger partial charge in [0.2, 0.25) is 5.91 Å². The van der Waals surface area contributed by atoms with Crippen molar-refractivity contribution in [3.05, 3.63) is 78.4 Å². The van der Waals surface area contributed by atoms with Crippen molar-refractivity contribution < 1.29 is 17.9 Å². The minimum atomic E-state index is -3.65. The molecule has 1 amide bonds. The van der Waals surface area contributed by atoms with Crippen LogP contribution < -0.4 is 14.8 Å². The zero-order valence-electron chi connectivity index (χ0n) is 17.5. The topological polar surface area (TPSA) is 84.5 Å². The van der Waals surface area contributed by atoms with E-state index in [0.717, 1.165) is 10.5 Å². The number of carbonyl (C=O) groups is 1. The minimum Gasteiger partial charge on any atom is -0.497 e. The lowest BCUT2D eigenvalue weighted by Crippen LogP contribution is -2.22. The summed E-state index contributed by atoms with van der Waals surface area (Å²) < 4.78 is 32.8. The maximum absolute atomic E-state index is 12.5. The van der Waals surface area contributed by atoms with E-state index in [1.165, 1.54) is 11.8 Å². The second-order valence-corrected chi connectivity index (χ2v) is 10.0. The molecule has 0 heterocycles. The van der Waals surface area contributed by atoms with Crippen LogP contribution in [0.1, 0.15) is 12.5 Å². The second kappa shape index (κ2) is 9.89. The fourth-order valence-electron chi connectivity index (χ4n) is 2.74. The van der Waals surface area contributed by atoms with Gasteiger partial charge in [0.05, 0.1) is 17.3 Å². The highest BCUT2D eigenvalue weighted by Crippen LogP contribution is 2.27. The van der Waals surface area contributed by atoms with E-state index < -0.39 is 10.0 Å². The Morgan fingerprint density at radius 2 is 1.65 bits per heavy atom. The average molecular weight is 457 g/mol. The van der Waals surface area contributed by atoms with Crippen LogP contribution in [0.4, 0.5) is 11.4 Å². The molecule has 1 atom stereocenters. The second-order valence-electron chi connectivity index (χ2n) is 6.92. The summed E-state index contributed by atoms with van der Waals surface area (Å²) in [4.78, 5) is 13.5. The number of ether oxygens (including phenoxy) is 1. The van der Waals surface area contributed by atoms with Gasteiger partial charge in [0, 0.05) is 22.3 Å².